The van der Waals surface area contributed by atoms with E-state index < -0.39 is 6.10 Å². The van der Waals surface area contributed by atoms with E-state index in [9.17, 15) is 5.11 Å². The van der Waals surface area contributed by atoms with Crippen molar-refractivity contribution >= 4 is 23.2 Å². The zero-order valence-electron chi connectivity index (χ0n) is 11.9. The van der Waals surface area contributed by atoms with Gasteiger partial charge < -0.3 is 5.11 Å². The second-order valence-corrected chi connectivity index (χ2v) is 6.40. The number of hydrogen-bond donors (Lipinski definition) is 1. The van der Waals surface area contributed by atoms with Crippen LogP contribution in [0.25, 0.3) is 11.1 Å². The average Bonchev–Trinajstić information content (AvgIpc) is 2.61. The third-order valence-electron chi connectivity index (χ3n) is 3.98. The molecule has 1 N–H and O–H groups in total. The van der Waals surface area contributed by atoms with E-state index in [0.717, 1.165) is 53.8 Å². The Kier molecular flexibility index (Phi) is 4.21. The minimum atomic E-state index is -0.479. The zero-order valence-corrected chi connectivity index (χ0v) is 13.4. The zero-order chi connectivity index (χ0) is 15.0. The highest BCUT2D eigenvalue weighted by Gasteiger charge is 2.22. The van der Waals surface area contributed by atoms with E-state index in [2.05, 4.69) is 4.98 Å². The Bertz CT molecular complexity index is 685. The number of pyridine rings is 1. The van der Waals surface area contributed by atoms with E-state index >= 15 is 0 Å². The van der Waals surface area contributed by atoms with E-state index in [1.54, 1.807) is 6.07 Å². The molecular formula is C17H17Cl2NO. The SMILES string of the molecule is Cc1cc(-c2ccc(Cl)cc2Cl)c2c(n1)C(O)CCCC2. The Morgan fingerprint density at radius 2 is 1.95 bits per heavy atom. The van der Waals surface area contributed by atoms with Gasteiger partial charge in [0, 0.05) is 21.3 Å². The van der Waals surface area contributed by atoms with Gasteiger partial charge in [0.25, 0.3) is 0 Å². The molecule has 3 rings (SSSR count). The maximum absolute atomic E-state index is 10.3. The monoisotopic (exact) mass is 321 g/mol. The molecule has 0 saturated heterocycles. The number of aliphatic hydroxyl groups excluding tert-OH is 1. The lowest BCUT2D eigenvalue weighted by molar-refractivity contribution is 0.162. The molecule has 1 atom stereocenters. The highest BCUT2D eigenvalue weighted by Crippen LogP contribution is 2.38. The Balaban J connectivity index is 2.23. The van der Waals surface area contributed by atoms with Crippen molar-refractivity contribution in [2.45, 2.75) is 38.7 Å². The molecule has 0 bridgehead atoms. The second-order valence-electron chi connectivity index (χ2n) is 5.56. The lowest BCUT2D eigenvalue weighted by atomic mass is 9.94. The lowest BCUT2D eigenvalue weighted by Crippen LogP contribution is -2.06. The quantitative estimate of drug-likeness (QED) is 0.739. The van der Waals surface area contributed by atoms with Crippen LogP contribution in [0.4, 0.5) is 0 Å². The van der Waals surface area contributed by atoms with E-state index in [-0.39, 0.29) is 0 Å². The van der Waals surface area contributed by atoms with Crippen molar-refractivity contribution in [2.24, 2.45) is 0 Å². The number of aromatic nitrogens is 1. The Morgan fingerprint density at radius 3 is 2.71 bits per heavy atom. The van der Waals surface area contributed by atoms with Gasteiger partial charge in [-0.2, -0.15) is 0 Å². The van der Waals surface area contributed by atoms with Crippen molar-refractivity contribution in [3.8, 4) is 11.1 Å². The molecule has 1 aliphatic rings. The van der Waals surface area contributed by atoms with Crippen molar-refractivity contribution in [3.63, 3.8) is 0 Å². The molecular weight excluding hydrogens is 305 g/mol. The van der Waals surface area contributed by atoms with Crippen LogP contribution in [0.5, 0.6) is 0 Å². The van der Waals surface area contributed by atoms with Gasteiger partial charge in [-0.3, -0.25) is 4.98 Å². The molecule has 0 saturated carbocycles. The molecule has 0 fully saturated rings. The minimum Gasteiger partial charge on any atom is -0.387 e. The van der Waals surface area contributed by atoms with E-state index in [1.807, 2.05) is 25.1 Å². The number of rotatable bonds is 1. The third kappa shape index (κ3) is 2.94. The van der Waals surface area contributed by atoms with Crippen molar-refractivity contribution in [3.05, 3.63) is 51.3 Å². The predicted molar refractivity (Wildman–Crippen MR) is 86.9 cm³/mol. The highest BCUT2D eigenvalue weighted by molar-refractivity contribution is 6.36. The first-order chi connectivity index (χ1) is 10.1. The van der Waals surface area contributed by atoms with Crippen LogP contribution in [0.15, 0.2) is 24.3 Å². The largest absolute Gasteiger partial charge is 0.387 e. The number of halogens is 2. The van der Waals surface area contributed by atoms with Gasteiger partial charge in [-0.25, -0.2) is 0 Å². The van der Waals surface area contributed by atoms with Gasteiger partial charge in [-0.05, 0) is 55.5 Å². The topological polar surface area (TPSA) is 33.1 Å². The first-order valence-corrected chi connectivity index (χ1v) is 7.96. The van der Waals surface area contributed by atoms with Gasteiger partial charge in [-0.15, -0.1) is 0 Å². The molecule has 2 aromatic rings. The molecule has 1 heterocycles. The fourth-order valence-corrected chi connectivity index (χ4v) is 3.50. The van der Waals surface area contributed by atoms with Crippen LogP contribution in [0, 0.1) is 6.92 Å². The summed E-state index contributed by atoms with van der Waals surface area (Å²) >= 11 is 12.4. The van der Waals surface area contributed by atoms with Gasteiger partial charge in [-0.1, -0.05) is 35.7 Å². The summed E-state index contributed by atoms with van der Waals surface area (Å²) in [7, 11) is 0. The van der Waals surface area contributed by atoms with Crippen LogP contribution >= 0.6 is 23.2 Å². The third-order valence-corrected chi connectivity index (χ3v) is 4.52. The van der Waals surface area contributed by atoms with Crippen LogP contribution < -0.4 is 0 Å². The number of aryl methyl sites for hydroxylation is 1. The summed E-state index contributed by atoms with van der Waals surface area (Å²) in [6.45, 7) is 1.95. The molecule has 110 valence electrons. The number of nitrogens with zero attached hydrogens (tertiary/aromatic N) is 1. The summed E-state index contributed by atoms with van der Waals surface area (Å²) < 4.78 is 0. The van der Waals surface area contributed by atoms with Crippen molar-refractivity contribution in [1.29, 1.82) is 0 Å². The number of hydrogen-bond acceptors (Lipinski definition) is 2. The summed E-state index contributed by atoms with van der Waals surface area (Å²) in [6, 6.07) is 7.59. The second kappa shape index (κ2) is 5.96. The average molecular weight is 322 g/mol. The van der Waals surface area contributed by atoms with E-state index in [4.69, 9.17) is 23.2 Å². The molecule has 1 aliphatic carbocycles. The molecule has 0 amide bonds. The minimum absolute atomic E-state index is 0.479. The fourth-order valence-electron chi connectivity index (χ4n) is 2.99. The normalized spacial score (nSPS) is 18.2. The van der Waals surface area contributed by atoms with Gasteiger partial charge >= 0.3 is 0 Å². The molecule has 0 aliphatic heterocycles. The first-order valence-electron chi connectivity index (χ1n) is 7.20. The number of aliphatic hydroxyl groups is 1. The molecule has 1 aromatic heterocycles. The van der Waals surface area contributed by atoms with Crippen molar-refractivity contribution in [1.82, 2.24) is 4.98 Å². The van der Waals surface area contributed by atoms with Crippen molar-refractivity contribution in [2.75, 3.05) is 0 Å². The maximum atomic E-state index is 10.3. The Morgan fingerprint density at radius 1 is 1.14 bits per heavy atom. The molecule has 1 unspecified atom stereocenters. The molecule has 0 spiro atoms. The molecule has 1 aromatic carbocycles. The highest BCUT2D eigenvalue weighted by atomic mass is 35.5. The Hall–Kier alpha value is -1.09. The predicted octanol–water partition coefficient (Wildman–Crippen LogP) is 5.12. The lowest BCUT2D eigenvalue weighted by Gasteiger charge is -2.17. The van der Waals surface area contributed by atoms with E-state index in [0.29, 0.717) is 10.0 Å². The van der Waals surface area contributed by atoms with Crippen LogP contribution in [0.1, 0.15) is 42.3 Å². The van der Waals surface area contributed by atoms with Crippen LogP contribution in [0.2, 0.25) is 10.0 Å². The van der Waals surface area contributed by atoms with E-state index in [1.165, 1.54) is 0 Å². The van der Waals surface area contributed by atoms with Gasteiger partial charge in [0.2, 0.25) is 0 Å². The maximum Gasteiger partial charge on any atom is 0.0962 e. The molecule has 0 radical (unpaired) electrons. The standard InChI is InChI=1S/C17H17Cl2NO/c1-10-8-14(12-7-6-11(18)9-15(12)19)13-4-2-3-5-16(21)17(13)20-10/h6-9,16,21H,2-5H2,1H3. The molecule has 4 heteroatoms. The van der Waals surface area contributed by atoms with Crippen LogP contribution in [0.3, 0.4) is 0 Å². The summed E-state index contributed by atoms with van der Waals surface area (Å²) in [5.41, 5.74) is 4.86. The van der Waals surface area contributed by atoms with Crippen molar-refractivity contribution < 1.29 is 5.11 Å². The summed E-state index contributed by atoms with van der Waals surface area (Å²) in [6.07, 6.45) is 3.30. The summed E-state index contributed by atoms with van der Waals surface area (Å²) in [4.78, 5) is 4.57. The number of fused-ring (bicyclic) bond motifs is 1. The molecule has 2 nitrogen and oxygen atoms in total. The molecule has 21 heavy (non-hydrogen) atoms. The first kappa shape index (κ1) is 14.8. The van der Waals surface area contributed by atoms with Gasteiger partial charge in [0.15, 0.2) is 0 Å². The smallest absolute Gasteiger partial charge is 0.0962 e. The van der Waals surface area contributed by atoms with Gasteiger partial charge in [0.1, 0.15) is 0 Å². The summed E-state index contributed by atoms with van der Waals surface area (Å²) in [5.74, 6) is 0. The fraction of sp³-hybridized carbons (Fsp3) is 0.353. The Labute approximate surface area is 134 Å². The summed E-state index contributed by atoms with van der Waals surface area (Å²) in [5, 5.41) is 11.6. The van der Waals surface area contributed by atoms with Crippen LogP contribution in [-0.2, 0) is 6.42 Å². The van der Waals surface area contributed by atoms with Gasteiger partial charge in [0.05, 0.1) is 11.8 Å². The van der Waals surface area contributed by atoms with Crippen LogP contribution in [-0.4, -0.2) is 10.1 Å². The number of benzene rings is 1.